The Balaban J connectivity index is 1.70. The van der Waals surface area contributed by atoms with E-state index in [9.17, 15) is 9.59 Å². The van der Waals surface area contributed by atoms with E-state index in [-0.39, 0.29) is 18.0 Å². The minimum absolute atomic E-state index is 0.183. The maximum atomic E-state index is 12.6. The molecule has 0 saturated heterocycles. The lowest BCUT2D eigenvalue weighted by molar-refractivity contribution is -0.117. The number of hydrogen-bond donors (Lipinski definition) is 1. The van der Waals surface area contributed by atoms with E-state index in [0.717, 1.165) is 5.39 Å². The van der Waals surface area contributed by atoms with Crippen LogP contribution in [0.5, 0.6) is 5.75 Å². The summed E-state index contributed by atoms with van der Waals surface area (Å²) in [6.45, 7) is 2.06. The second-order valence-electron chi connectivity index (χ2n) is 6.28. The van der Waals surface area contributed by atoms with Gasteiger partial charge in [0.1, 0.15) is 12.3 Å². The van der Waals surface area contributed by atoms with Crippen molar-refractivity contribution in [1.82, 2.24) is 9.78 Å². The molecule has 28 heavy (non-hydrogen) atoms. The maximum Gasteiger partial charge on any atom is 0.275 e. The molecule has 0 aliphatic carbocycles. The Kier molecular flexibility index (Phi) is 6.02. The highest BCUT2D eigenvalue weighted by atomic mass is 16.5. The first-order valence-electron chi connectivity index (χ1n) is 8.94. The lowest BCUT2D eigenvalue weighted by Gasteiger charge is -2.10. The third-order valence-electron chi connectivity index (χ3n) is 4.17. The predicted octanol–water partition coefficient (Wildman–Crippen LogP) is 3.03. The van der Waals surface area contributed by atoms with Crippen LogP contribution in [-0.4, -0.2) is 22.3 Å². The molecule has 1 amide bonds. The Morgan fingerprint density at radius 2 is 2.00 bits per heavy atom. The van der Waals surface area contributed by atoms with Crippen LogP contribution in [0, 0.1) is 18.3 Å². The van der Waals surface area contributed by atoms with E-state index < -0.39 is 0 Å². The van der Waals surface area contributed by atoms with Crippen LogP contribution in [0.3, 0.4) is 0 Å². The molecule has 142 valence electrons. The van der Waals surface area contributed by atoms with Crippen LogP contribution < -0.4 is 15.6 Å². The molecule has 0 aliphatic heterocycles. The van der Waals surface area contributed by atoms with Crippen LogP contribution in [0.1, 0.15) is 18.5 Å². The Labute approximate surface area is 162 Å². The van der Waals surface area contributed by atoms with Crippen LogP contribution in [0.25, 0.3) is 10.8 Å². The lowest BCUT2D eigenvalue weighted by Crippen LogP contribution is -2.30. The lowest BCUT2D eigenvalue weighted by atomic mass is 10.1. The van der Waals surface area contributed by atoms with Crippen molar-refractivity contribution >= 4 is 22.4 Å². The number of carbonyl (C=O) groups is 1. The molecule has 1 aromatic heterocycles. The fraction of sp³-hybridized carbons (Fsp3) is 0.238. The summed E-state index contributed by atoms with van der Waals surface area (Å²) < 4.78 is 6.74. The number of unbranched alkanes of at least 4 members (excludes halogenated alkanes) is 1. The number of anilines is 1. The molecular formula is C21H20N4O3. The summed E-state index contributed by atoms with van der Waals surface area (Å²) in [6, 6.07) is 16.3. The number of nitriles is 1. The highest BCUT2D eigenvalue weighted by Gasteiger charge is 2.11. The van der Waals surface area contributed by atoms with Crippen molar-refractivity contribution in [2.45, 2.75) is 26.3 Å². The Morgan fingerprint density at radius 3 is 2.79 bits per heavy atom. The maximum absolute atomic E-state index is 12.6. The van der Waals surface area contributed by atoms with E-state index in [2.05, 4.69) is 16.5 Å². The van der Waals surface area contributed by atoms with Crippen molar-refractivity contribution in [2.75, 3.05) is 11.9 Å². The largest absolute Gasteiger partial charge is 0.493 e. The number of carbonyl (C=O) groups excluding carboxylic acids is 1. The SMILES string of the molecule is Cc1nn(CC(=O)Nc2cccc(OCCCC#N)c2)c(=O)c2ccccc12. The van der Waals surface area contributed by atoms with E-state index in [1.165, 1.54) is 4.68 Å². The third kappa shape index (κ3) is 4.54. The van der Waals surface area contributed by atoms with Gasteiger partial charge < -0.3 is 10.1 Å². The molecule has 0 unspecified atom stereocenters. The molecule has 7 nitrogen and oxygen atoms in total. The van der Waals surface area contributed by atoms with Gasteiger partial charge in [0.2, 0.25) is 5.91 Å². The average Bonchev–Trinajstić information content (AvgIpc) is 2.69. The number of nitrogens with zero attached hydrogens (tertiary/aromatic N) is 3. The first-order valence-corrected chi connectivity index (χ1v) is 8.94. The fourth-order valence-electron chi connectivity index (χ4n) is 2.85. The monoisotopic (exact) mass is 376 g/mol. The smallest absolute Gasteiger partial charge is 0.275 e. The second kappa shape index (κ2) is 8.82. The number of aryl methyl sites for hydroxylation is 1. The van der Waals surface area contributed by atoms with E-state index in [1.54, 1.807) is 36.4 Å². The first kappa shape index (κ1) is 19.1. The van der Waals surface area contributed by atoms with Crippen LogP contribution in [0.15, 0.2) is 53.3 Å². The van der Waals surface area contributed by atoms with Gasteiger partial charge in [-0.2, -0.15) is 10.4 Å². The number of hydrogen-bond acceptors (Lipinski definition) is 5. The summed E-state index contributed by atoms with van der Waals surface area (Å²) in [7, 11) is 0. The summed E-state index contributed by atoms with van der Waals surface area (Å²) in [5, 5.41) is 16.9. The zero-order valence-electron chi connectivity index (χ0n) is 15.5. The van der Waals surface area contributed by atoms with Gasteiger partial charge in [0.25, 0.3) is 5.56 Å². The van der Waals surface area contributed by atoms with Gasteiger partial charge in [-0.25, -0.2) is 4.68 Å². The van der Waals surface area contributed by atoms with Gasteiger partial charge in [-0.05, 0) is 31.5 Å². The van der Waals surface area contributed by atoms with Crippen molar-refractivity contribution in [3.63, 3.8) is 0 Å². The predicted molar refractivity (Wildman–Crippen MR) is 106 cm³/mol. The fourth-order valence-corrected chi connectivity index (χ4v) is 2.85. The van der Waals surface area contributed by atoms with Gasteiger partial charge in [0, 0.05) is 23.6 Å². The molecule has 7 heteroatoms. The van der Waals surface area contributed by atoms with Gasteiger partial charge in [-0.3, -0.25) is 9.59 Å². The summed E-state index contributed by atoms with van der Waals surface area (Å²) in [6.07, 6.45) is 1.08. The van der Waals surface area contributed by atoms with Gasteiger partial charge in [-0.1, -0.05) is 24.3 Å². The zero-order valence-corrected chi connectivity index (χ0v) is 15.5. The Hall–Kier alpha value is -3.66. The number of aromatic nitrogens is 2. The molecule has 0 bridgehead atoms. The summed E-state index contributed by atoms with van der Waals surface area (Å²) in [4.78, 5) is 25.0. The van der Waals surface area contributed by atoms with Crippen molar-refractivity contribution in [3.8, 4) is 11.8 Å². The molecule has 0 radical (unpaired) electrons. The molecule has 1 heterocycles. The number of nitrogens with one attached hydrogen (secondary N) is 1. The number of ether oxygens (including phenoxy) is 1. The van der Waals surface area contributed by atoms with Gasteiger partial charge >= 0.3 is 0 Å². The highest BCUT2D eigenvalue weighted by molar-refractivity contribution is 5.91. The summed E-state index contributed by atoms with van der Waals surface area (Å²) in [5.74, 6) is 0.249. The van der Waals surface area contributed by atoms with E-state index >= 15 is 0 Å². The minimum atomic E-state index is -0.356. The van der Waals surface area contributed by atoms with E-state index in [1.807, 2.05) is 19.1 Å². The normalized spacial score (nSPS) is 10.4. The second-order valence-corrected chi connectivity index (χ2v) is 6.28. The van der Waals surface area contributed by atoms with Crippen molar-refractivity contribution in [1.29, 1.82) is 5.26 Å². The topological polar surface area (TPSA) is 97.0 Å². The van der Waals surface area contributed by atoms with Crippen LogP contribution in [0.4, 0.5) is 5.69 Å². The summed E-state index contributed by atoms with van der Waals surface area (Å²) >= 11 is 0. The number of amides is 1. The molecule has 3 rings (SSSR count). The van der Waals surface area contributed by atoms with Gasteiger partial charge in [0.15, 0.2) is 0 Å². The van der Waals surface area contributed by atoms with Gasteiger partial charge in [-0.15, -0.1) is 0 Å². The molecule has 0 spiro atoms. The summed E-state index contributed by atoms with van der Waals surface area (Å²) in [5.41, 5.74) is 0.954. The highest BCUT2D eigenvalue weighted by Crippen LogP contribution is 2.18. The zero-order chi connectivity index (χ0) is 19.9. The van der Waals surface area contributed by atoms with Crippen LogP contribution in [0.2, 0.25) is 0 Å². The van der Waals surface area contributed by atoms with Crippen LogP contribution >= 0.6 is 0 Å². The van der Waals surface area contributed by atoms with Crippen molar-refractivity contribution in [3.05, 3.63) is 64.6 Å². The molecule has 2 aromatic carbocycles. The average molecular weight is 376 g/mol. The minimum Gasteiger partial charge on any atom is -0.493 e. The Morgan fingerprint density at radius 1 is 1.21 bits per heavy atom. The standard InChI is InChI=1S/C21H20N4O3/c1-15-18-9-2-3-10-19(18)21(27)25(24-15)14-20(26)23-16-7-6-8-17(13-16)28-12-5-4-11-22/h2-3,6-10,13H,4-5,12,14H2,1H3,(H,23,26). The van der Waals surface area contributed by atoms with E-state index in [4.69, 9.17) is 10.00 Å². The molecular weight excluding hydrogens is 356 g/mol. The van der Waals surface area contributed by atoms with Crippen molar-refractivity contribution in [2.24, 2.45) is 0 Å². The molecule has 0 fully saturated rings. The molecule has 0 atom stereocenters. The molecule has 1 N–H and O–H groups in total. The van der Waals surface area contributed by atoms with Crippen LogP contribution in [-0.2, 0) is 11.3 Å². The third-order valence-corrected chi connectivity index (χ3v) is 4.17. The quantitative estimate of drug-likeness (QED) is 0.639. The van der Waals surface area contributed by atoms with E-state index in [0.29, 0.717) is 42.0 Å². The first-order chi connectivity index (χ1) is 13.6. The molecule has 3 aromatic rings. The van der Waals surface area contributed by atoms with Crippen molar-refractivity contribution < 1.29 is 9.53 Å². The van der Waals surface area contributed by atoms with Gasteiger partial charge in [0.05, 0.1) is 23.8 Å². The molecule has 0 aliphatic rings. The number of benzene rings is 2. The Bertz CT molecular complexity index is 1100. The number of fused-ring (bicyclic) bond motifs is 1. The number of rotatable bonds is 7. The molecule has 0 saturated carbocycles.